The van der Waals surface area contributed by atoms with Crippen molar-refractivity contribution in [2.75, 3.05) is 5.32 Å². The van der Waals surface area contributed by atoms with E-state index in [1.54, 1.807) is 42.5 Å². The van der Waals surface area contributed by atoms with E-state index in [1.165, 1.54) is 0 Å². The third kappa shape index (κ3) is 2.41. The molecule has 0 aromatic heterocycles. The monoisotopic (exact) mass is 229 g/mol. The SMILES string of the molecule is O=C(Nc1[c]cc[c]c1)c1ccccc1Cl. The number of hydrogen-bond donors (Lipinski definition) is 1. The van der Waals surface area contributed by atoms with Crippen LogP contribution in [0.1, 0.15) is 10.4 Å². The van der Waals surface area contributed by atoms with Crippen LogP contribution in [0.3, 0.4) is 0 Å². The van der Waals surface area contributed by atoms with Crippen LogP contribution in [-0.2, 0) is 0 Å². The smallest absolute Gasteiger partial charge is 0.257 e. The zero-order chi connectivity index (χ0) is 11.4. The first-order chi connectivity index (χ1) is 7.77. The van der Waals surface area contributed by atoms with Crippen LogP contribution >= 0.6 is 11.6 Å². The molecule has 0 aliphatic heterocycles. The van der Waals surface area contributed by atoms with Gasteiger partial charge in [-0.25, -0.2) is 0 Å². The van der Waals surface area contributed by atoms with Gasteiger partial charge >= 0.3 is 0 Å². The Balaban J connectivity index is 2.19. The van der Waals surface area contributed by atoms with Crippen molar-refractivity contribution in [2.24, 2.45) is 0 Å². The van der Waals surface area contributed by atoms with Crippen LogP contribution in [0.15, 0.2) is 42.5 Å². The van der Waals surface area contributed by atoms with Crippen molar-refractivity contribution >= 4 is 23.2 Å². The van der Waals surface area contributed by atoms with Crippen molar-refractivity contribution < 1.29 is 4.79 Å². The molecule has 16 heavy (non-hydrogen) atoms. The number of rotatable bonds is 2. The summed E-state index contributed by atoms with van der Waals surface area (Å²) >= 11 is 5.91. The number of nitrogens with one attached hydrogen (secondary N) is 1. The molecular formula is C13H8ClNO. The predicted octanol–water partition coefficient (Wildman–Crippen LogP) is 3.19. The Kier molecular flexibility index (Phi) is 3.22. The van der Waals surface area contributed by atoms with Crippen molar-refractivity contribution in [3.05, 3.63) is 65.2 Å². The Hall–Kier alpha value is -1.80. The lowest BCUT2D eigenvalue weighted by molar-refractivity contribution is 0.102. The molecule has 2 aromatic rings. The van der Waals surface area contributed by atoms with Gasteiger partial charge in [-0.15, -0.1) is 0 Å². The molecule has 0 bridgehead atoms. The van der Waals surface area contributed by atoms with Gasteiger partial charge in [0.25, 0.3) is 5.91 Å². The molecule has 0 fully saturated rings. The summed E-state index contributed by atoms with van der Waals surface area (Å²) in [4.78, 5) is 11.8. The summed E-state index contributed by atoms with van der Waals surface area (Å²) in [6.07, 6.45) is 0. The second-order valence-electron chi connectivity index (χ2n) is 3.14. The number of halogens is 1. The van der Waals surface area contributed by atoms with Gasteiger partial charge in [0.1, 0.15) is 0 Å². The second-order valence-corrected chi connectivity index (χ2v) is 3.54. The van der Waals surface area contributed by atoms with Gasteiger partial charge in [-0.3, -0.25) is 4.79 Å². The maximum Gasteiger partial charge on any atom is 0.257 e. The highest BCUT2D eigenvalue weighted by atomic mass is 35.5. The van der Waals surface area contributed by atoms with E-state index in [1.807, 2.05) is 0 Å². The second kappa shape index (κ2) is 4.81. The van der Waals surface area contributed by atoms with Gasteiger partial charge in [-0.2, -0.15) is 0 Å². The Morgan fingerprint density at radius 3 is 2.75 bits per heavy atom. The van der Waals surface area contributed by atoms with E-state index in [9.17, 15) is 4.79 Å². The van der Waals surface area contributed by atoms with Crippen molar-refractivity contribution in [1.29, 1.82) is 0 Å². The summed E-state index contributed by atoms with van der Waals surface area (Å²) < 4.78 is 0. The van der Waals surface area contributed by atoms with E-state index < -0.39 is 0 Å². The molecule has 2 rings (SSSR count). The molecule has 2 radical (unpaired) electrons. The van der Waals surface area contributed by atoms with Crippen LogP contribution in [0.2, 0.25) is 5.02 Å². The zero-order valence-corrected chi connectivity index (χ0v) is 9.08. The lowest BCUT2D eigenvalue weighted by Crippen LogP contribution is -2.12. The summed E-state index contributed by atoms with van der Waals surface area (Å²) in [5, 5.41) is 3.12. The third-order valence-corrected chi connectivity index (χ3v) is 2.34. The van der Waals surface area contributed by atoms with Crippen molar-refractivity contribution in [3.8, 4) is 0 Å². The van der Waals surface area contributed by atoms with E-state index in [0.29, 0.717) is 16.3 Å². The highest BCUT2D eigenvalue weighted by molar-refractivity contribution is 6.34. The molecule has 1 N–H and O–H groups in total. The van der Waals surface area contributed by atoms with Gasteiger partial charge in [-0.1, -0.05) is 35.9 Å². The van der Waals surface area contributed by atoms with Gasteiger partial charge in [-0.05, 0) is 24.3 Å². The maximum absolute atomic E-state index is 11.8. The molecule has 1 amide bonds. The van der Waals surface area contributed by atoms with E-state index >= 15 is 0 Å². The summed E-state index contributed by atoms with van der Waals surface area (Å²) in [5.74, 6) is -0.249. The molecule has 2 aromatic carbocycles. The number of benzene rings is 2. The maximum atomic E-state index is 11.8. The molecule has 0 aliphatic carbocycles. The van der Waals surface area contributed by atoms with Gasteiger partial charge in [0.2, 0.25) is 0 Å². The largest absolute Gasteiger partial charge is 0.321 e. The fourth-order valence-corrected chi connectivity index (χ4v) is 1.48. The molecule has 0 atom stereocenters. The lowest BCUT2D eigenvalue weighted by atomic mass is 10.2. The van der Waals surface area contributed by atoms with Crippen LogP contribution in [0.25, 0.3) is 0 Å². The summed E-state index contributed by atoms with van der Waals surface area (Å²) in [6, 6.07) is 17.7. The van der Waals surface area contributed by atoms with E-state index in [2.05, 4.69) is 17.4 Å². The van der Waals surface area contributed by atoms with E-state index in [-0.39, 0.29) is 5.91 Å². The average Bonchev–Trinajstić information content (AvgIpc) is 2.31. The van der Waals surface area contributed by atoms with Gasteiger partial charge in [0.15, 0.2) is 0 Å². The molecule has 0 aliphatic rings. The third-order valence-electron chi connectivity index (χ3n) is 2.01. The molecular weight excluding hydrogens is 222 g/mol. The van der Waals surface area contributed by atoms with Crippen LogP contribution < -0.4 is 5.32 Å². The highest BCUT2D eigenvalue weighted by Gasteiger charge is 2.09. The minimum Gasteiger partial charge on any atom is -0.321 e. The summed E-state index contributed by atoms with van der Waals surface area (Å²) in [6.45, 7) is 0. The average molecular weight is 230 g/mol. The minimum absolute atomic E-state index is 0.249. The normalized spacial score (nSPS) is 9.81. The number of amides is 1. The fraction of sp³-hybridized carbons (Fsp3) is 0. The topological polar surface area (TPSA) is 29.1 Å². The van der Waals surface area contributed by atoms with Gasteiger partial charge in [0, 0.05) is 11.8 Å². The van der Waals surface area contributed by atoms with Crippen LogP contribution in [0.5, 0.6) is 0 Å². The number of hydrogen-bond acceptors (Lipinski definition) is 1. The molecule has 0 heterocycles. The van der Waals surface area contributed by atoms with Gasteiger partial charge in [0.05, 0.1) is 10.6 Å². The molecule has 0 saturated heterocycles. The fourth-order valence-electron chi connectivity index (χ4n) is 1.26. The molecule has 78 valence electrons. The molecule has 0 spiro atoms. The van der Waals surface area contributed by atoms with Crippen LogP contribution in [0, 0.1) is 12.1 Å². The Bertz CT molecular complexity index is 496. The van der Waals surface area contributed by atoms with Crippen LogP contribution in [0.4, 0.5) is 5.69 Å². The first-order valence-electron chi connectivity index (χ1n) is 4.71. The molecule has 0 unspecified atom stereocenters. The Morgan fingerprint density at radius 1 is 1.25 bits per heavy atom. The molecule has 2 nitrogen and oxygen atoms in total. The van der Waals surface area contributed by atoms with Gasteiger partial charge < -0.3 is 5.32 Å². The first-order valence-corrected chi connectivity index (χ1v) is 5.09. The van der Waals surface area contributed by atoms with Crippen LogP contribution in [-0.4, -0.2) is 5.91 Å². The summed E-state index contributed by atoms with van der Waals surface area (Å²) in [7, 11) is 0. The van der Waals surface area contributed by atoms with Crippen molar-refractivity contribution in [3.63, 3.8) is 0 Å². The summed E-state index contributed by atoms with van der Waals surface area (Å²) in [5.41, 5.74) is 1.02. The molecule has 3 heteroatoms. The lowest BCUT2D eigenvalue weighted by Gasteiger charge is -2.05. The van der Waals surface area contributed by atoms with E-state index in [0.717, 1.165) is 0 Å². The molecule has 0 saturated carbocycles. The van der Waals surface area contributed by atoms with E-state index in [4.69, 9.17) is 11.6 Å². The predicted molar refractivity (Wildman–Crippen MR) is 63.5 cm³/mol. The first kappa shape index (κ1) is 10.7. The number of anilines is 1. The number of carbonyl (C=O) groups is 1. The zero-order valence-electron chi connectivity index (χ0n) is 8.33. The number of carbonyl (C=O) groups excluding carboxylic acids is 1. The Labute approximate surface area is 98.9 Å². The highest BCUT2D eigenvalue weighted by Crippen LogP contribution is 2.16. The quantitative estimate of drug-likeness (QED) is 0.842. The Morgan fingerprint density at radius 2 is 2.06 bits per heavy atom. The standard InChI is InChI=1S/C13H8ClNO/c14-12-9-5-4-8-11(12)13(16)15-10-6-2-1-3-7-10/h1-2,4-5,7-9H,(H,15,16). The minimum atomic E-state index is -0.249. The van der Waals surface area contributed by atoms with Crippen molar-refractivity contribution in [2.45, 2.75) is 0 Å². The van der Waals surface area contributed by atoms with Crippen molar-refractivity contribution in [1.82, 2.24) is 0 Å².